The first-order valence-corrected chi connectivity index (χ1v) is 5.09. The van der Waals surface area contributed by atoms with Gasteiger partial charge in [-0.1, -0.05) is 0 Å². The molecule has 0 spiro atoms. The Morgan fingerprint density at radius 2 is 1.95 bits per heavy atom. The lowest BCUT2D eigenvalue weighted by Gasteiger charge is -2.09. The first kappa shape index (κ1) is 12.7. The average molecular weight is 264 g/mol. The van der Waals surface area contributed by atoms with Gasteiger partial charge in [0, 0.05) is 0 Å². The molecule has 0 aliphatic heterocycles. The Labute approximate surface area is 106 Å². The van der Waals surface area contributed by atoms with Crippen LogP contribution in [0.4, 0.5) is 30.4 Å². The van der Waals surface area contributed by atoms with Crippen LogP contribution in [0.15, 0.2) is 24.4 Å². The number of halogens is 3. The SMILES string of the molecule is N#Cc1cc(N)cnc1Nc1ccc(F)c(F)c1F. The van der Waals surface area contributed by atoms with Crippen LogP contribution in [-0.2, 0) is 0 Å². The van der Waals surface area contributed by atoms with Gasteiger partial charge in [0.15, 0.2) is 17.5 Å². The molecule has 2 aromatic rings. The van der Waals surface area contributed by atoms with Crippen molar-refractivity contribution in [2.75, 3.05) is 11.1 Å². The Bertz CT molecular complexity index is 679. The Hall–Kier alpha value is -2.75. The van der Waals surface area contributed by atoms with Crippen LogP contribution in [0.5, 0.6) is 0 Å². The summed E-state index contributed by atoms with van der Waals surface area (Å²) in [5.41, 5.74) is 5.44. The molecule has 0 saturated heterocycles. The highest BCUT2D eigenvalue weighted by molar-refractivity contribution is 5.65. The number of hydrogen-bond acceptors (Lipinski definition) is 4. The number of nitrogen functional groups attached to an aromatic ring is 1. The van der Waals surface area contributed by atoms with Gasteiger partial charge in [-0.15, -0.1) is 0 Å². The van der Waals surface area contributed by atoms with Crippen LogP contribution < -0.4 is 11.1 Å². The fourth-order valence-corrected chi connectivity index (χ4v) is 1.42. The van der Waals surface area contributed by atoms with Crippen molar-refractivity contribution in [3.05, 3.63) is 47.4 Å². The third-order valence-electron chi connectivity index (χ3n) is 2.32. The van der Waals surface area contributed by atoms with E-state index in [0.717, 1.165) is 12.1 Å². The molecule has 0 bridgehead atoms. The molecular formula is C12H7F3N4. The maximum Gasteiger partial charge on any atom is 0.196 e. The highest BCUT2D eigenvalue weighted by atomic mass is 19.2. The smallest absolute Gasteiger partial charge is 0.196 e. The third-order valence-corrected chi connectivity index (χ3v) is 2.32. The number of nitrogens with two attached hydrogens (primary N) is 1. The Morgan fingerprint density at radius 3 is 2.63 bits per heavy atom. The lowest BCUT2D eigenvalue weighted by molar-refractivity contribution is 0.449. The zero-order valence-electron chi connectivity index (χ0n) is 9.42. The number of hydrogen-bond donors (Lipinski definition) is 2. The second-order valence-corrected chi connectivity index (χ2v) is 3.62. The molecule has 2 rings (SSSR count). The van der Waals surface area contributed by atoms with Gasteiger partial charge in [-0.05, 0) is 18.2 Å². The summed E-state index contributed by atoms with van der Waals surface area (Å²) in [4.78, 5) is 3.80. The summed E-state index contributed by atoms with van der Waals surface area (Å²) in [5.74, 6) is -4.28. The Kier molecular flexibility index (Phi) is 3.25. The summed E-state index contributed by atoms with van der Waals surface area (Å²) in [6, 6.07) is 4.91. The van der Waals surface area contributed by atoms with Crippen LogP contribution in [0, 0.1) is 28.8 Å². The van der Waals surface area contributed by atoms with E-state index < -0.39 is 17.5 Å². The molecule has 0 atom stereocenters. The van der Waals surface area contributed by atoms with Crippen molar-refractivity contribution in [1.29, 1.82) is 5.26 Å². The van der Waals surface area contributed by atoms with E-state index in [9.17, 15) is 13.2 Å². The number of aromatic nitrogens is 1. The molecule has 19 heavy (non-hydrogen) atoms. The van der Waals surface area contributed by atoms with E-state index in [1.807, 2.05) is 0 Å². The Morgan fingerprint density at radius 1 is 1.21 bits per heavy atom. The third kappa shape index (κ3) is 2.42. The van der Waals surface area contributed by atoms with E-state index in [1.165, 1.54) is 12.3 Å². The van der Waals surface area contributed by atoms with Gasteiger partial charge >= 0.3 is 0 Å². The van der Waals surface area contributed by atoms with E-state index in [1.54, 1.807) is 6.07 Å². The van der Waals surface area contributed by atoms with Gasteiger partial charge < -0.3 is 11.1 Å². The fraction of sp³-hybridized carbons (Fsp3) is 0. The molecule has 0 saturated carbocycles. The summed E-state index contributed by atoms with van der Waals surface area (Å²) >= 11 is 0. The molecule has 96 valence electrons. The van der Waals surface area contributed by atoms with Crippen LogP contribution >= 0.6 is 0 Å². The summed E-state index contributed by atoms with van der Waals surface area (Å²) in [6.07, 6.45) is 1.25. The number of anilines is 3. The van der Waals surface area contributed by atoms with Crippen molar-refractivity contribution in [2.45, 2.75) is 0 Å². The van der Waals surface area contributed by atoms with E-state index in [0.29, 0.717) is 0 Å². The van der Waals surface area contributed by atoms with Gasteiger partial charge in [-0.25, -0.2) is 18.2 Å². The van der Waals surface area contributed by atoms with Gasteiger partial charge in [0.2, 0.25) is 0 Å². The number of nitrogens with zero attached hydrogens (tertiary/aromatic N) is 2. The number of pyridine rings is 1. The summed E-state index contributed by atoms with van der Waals surface area (Å²) in [5, 5.41) is 11.3. The standard InChI is InChI=1S/C12H7F3N4/c13-8-1-2-9(11(15)10(8)14)19-12-6(4-16)3-7(17)5-18-12/h1-3,5H,17H2,(H,18,19). The predicted octanol–water partition coefficient (Wildman–Crippen LogP) is 2.70. The molecular weight excluding hydrogens is 257 g/mol. The number of benzene rings is 1. The van der Waals surface area contributed by atoms with Crippen LogP contribution in [0.1, 0.15) is 5.56 Å². The second-order valence-electron chi connectivity index (χ2n) is 3.62. The van der Waals surface area contributed by atoms with Crippen molar-refractivity contribution < 1.29 is 13.2 Å². The quantitative estimate of drug-likeness (QED) is 0.818. The maximum atomic E-state index is 13.5. The molecule has 0 fully saturated rings. The zero-order valence-corrected chi connectivity index (χ0v) is 9.42. The zero-order chi connectivity index (χ0) is 14.0. The normalized spacial score (nSPS) is 10.0. The molecule has 1 aromatic carbocycles. The van der Waals surface area contributed by atoms with Crippen LogP contribution in [0.3, 0.4) is 0 Å². The molecule has 0 unspecified atom stereocenters. The second kappa shape index (κ2) is 4.86. The minimum Gasteiger partial charge on any atom is -0.397 e. The van der Waals surface area contributed by atoms with Crippen LogP contribution in [0.25, 0.3) is 0 Å². The van der Waals surface area contributed by atoms with E-state index in [-0.39, 0.29) is 22.8 Å². The molecule has 0 aliphatic rings. The van der Waals surface area contributed by atoms with E-state index in [4.69, 9.17) is 11.0 Å². The largest absolute Gasteiger partial charge is 0.397 e. The molecule has 4 nitrogen and oxygen atoms in total. The van der Waals surface area contributed by atoms with E-state index in [2.05, 4.69) is 10.3 Å². The molecule has 1 aromatic heterocycles. The number of nitriles is 1. The van der Waals surface area contributed by atoms with Crippen molar-refractivity contribution >= 4 is 17.2 Å². The summed E-state index contributed by atoms with van der Waals surface area (Å²) in [7, 11) is 0. The highest BCUT2D eigenvalue weighted by Crippen LogP contribution is 2.24. The molecule has 0 aliphatic carbocycles. The fourth-order valence-electron chi connectivity index (χ4n) is 1.42. The molecule has 1 heterocycles. The van der Waals surface area contributed by atoms with Crippen LogP contribution in [0.2, 0.25) is 0 Å². The van der Waals surface area contributed by atoms with Gasteiger partial charge in [0.05, 0.1) is 23.1 Å². The van der Waals surface area contributed by atoms with Gasteiger partial charge in [0.1, 0.15) is 11.9 Å². The molecule has 0 radical (unpaired) electrons. The van der Waals surface area contributed by atoms with Crippen molar-refractivity contribution in [2.24, 2.45) is 0 Å². The maximum absolute atomic E-state index is 13.5. The van der Waals surface area contributed by atoms with Gasteiger partial charge in [0.25, 0.3) is 0 Å². The Balaban J connectivity index is 2.43. The molecule has 0 amide bonds. The first-order valence-electron chi connectivity index (χ1n) is 5.09. The molecule has 3 N–H and O–H groups in total. The minimum atomic E-state index is -1.60. The molecule has 7 heteroatoms. The summed E-state index contributed by atoms with van der Waals surface area (Å²) in [6.45, 7) is 0. The summed E-state index contributed by atoms with van der Waals surface area (Å²) < 4.78 is 39.3. The first-order chi connectivity index (χ1) is 9.02. The monoisotopic (exact) mass is 264 g/mol. The van der Waals surface area contributed by atoms with Crippen molar-refractivity contribution in [3.63, 3.8) is 0 Å². The lowest BCUT2D eigenvalue weighted by atomic mass is 10.2. The predicted molar refractivity (Wildman–Crippen MR) is 63.0 cm³/mol. The van der Waals surface area contributed by atoms with Crippen molar-refractivity contribution in [1.82, 2.24) is 4.98 Å². The lowest BCUT2D eigenvalue weighted by Crippen LogP contribution is -2.02. The highest BCUT2D eigenvalue weighted by Gasteiger charge is 2.15. The van der Waals surface area contributed by atoms with Crippen molar-refractivity contribution in [3.8, 4) is 6.07 Å². The van der Waals surface area contributed by atoms with Gasteiger partial charge in [-0.3, -0.25) is 0 Å². The van der Waals surface area contributed by atoms with Gasteiger partial charge in [-0.2, -0.15) is 5.26 Å². The van der Waals surface area contributed by atoms with E-state index >= 15 is 0 Å². The minimum absolute atomic E-state index is 0.00149. The number of nitrogens with one attached hydrogen (secondary N) is 1. The average Bonchev–Trinajstić information content (AvgIpc) is 2.41. The number of rotatable bonds is 2. The van der Waals surface area contributed by atoms with Crippen LogP contribution in [-0.4, -0.2) is 4.98 Å². The topological polar surface area (TPSA) is 74.7 Å².